The number of benzene rings is 2. The zero-order chi connectivity index (χ0) is 20.1. The minimum absolute atomic E-state index is 0.0517. The van der Waals surface area contributed by atoms with Gasteiger partial charge in [-0.3, -0.25) is 9.36 Å². The van der Waals surface area contributed by atoms with Crippen molar-refractivity contribution in [1.82, 2.24) is 9.30 Å². The molecule has 0 saturated carbocycles. The van der Waals surface area contributed by atoms with Crippen LogP contribution in [0.2, 0.25) is 0 Å². The Morgan fingerprint density at radius 3 is 2.07 bits per heavy atom. The van der Waals surface area contributed by atoms with Crippen molar-refractivity contribution in [2.45, 2.75) is 39.5 Å². The monoisotopic (exact) mass is 380 g/mol. The normalized spacial score (nSPS) is 11.1. The molecule has 0 unspecified atom stereocenters. The lowest BCUT2D eigenvalue weighted by atomic mass is 9.98. The van der Waals surface area contributed by atoms with Crippen molar-refractivity contribution in [1.29, 1.82) is 0 Å². The van der Waals surface area contributed by atoms with Gasteiger partial charge in [0.1, 0.15) is 6.73 Å². The summed E-state index contributed by atoms with van der Waals surface area (Å²) in [6.45, 7) is 4.10. The molecule has 6 nitrogen and oxygen atoms in total. The van der Waals surface area contributed by atoms with Gasteiger partial charge in [0.15, 0.2) is 0 Å². The molecule has 0 atom stereocenters. The topological polar surface area (TPSA) is 73.5 Å². The maximum Gasteiger partial charge on any atom is 0.366 e. The third kappa shape index (κ3) is 4.23. The Balaban J connectivity index is 1.98. The number of hydrogen-bond donors (Lipinski definition) is 1. The van der Waals surface area contributed by atoms with Crippen molar-refractivity contribution in [2.75, 3.05) is 0 Å². The van der Waals surface area contributed by atoms with Crippen molar-refractivity contribution >= 4 is 0 Å². The van der Waals surface area contributed by atoms with E-state index in [0.29, 0.717) is 24.3 Å². The van der Waals surface area contributed by atoms with Gasteiger partial charge < -0.3 is 9.94 Å². The zero-order valence-electron chi connectivity index (χ0n) is 16.0. The molecule has 2 aromatic carbocycles. The molecule has 0 aliphatic heterocycles. The Labute approximate surface area is 163 Å². The second-order valence-electron chi connectivity index (χ2n) is 6.97. The van der Waals surface area contributed by atoms with Crippen LogP contribution >= 0.6 is 0 Å². The van der Waals surface area contributed by atoms with Crippen molar-refractivity contribution in [3.05, 3.63) is 104 Å². The Morgan fingerprint density at radius 1 is 0.929 bits per heavy atom. The number of rotatable bonds is 7. The van der Waals surface area contributed by atoms with E-state index in [1.807, 2.05) is 74.5 Å². The molecule has 6 heteroatoms. The molecule has 0 saturated heterocycles. The van der Waals surface area contributed by atoms with Crippen LogP contribution in [0.4, 0.5) is 0 Å². The molecule has 0 amide bonds. The maximum absolute atomic E-state index is 12.6. The van der Waals surface area contributed by atoms with Gasteiger partial charge in [-0.15, -0.1) is 0 Å². The highest BCUT2D eigenvalue weighted by molar-refractivity contribution is 5.29. The molecule has 0 spiro atoms. The van der Waals surface area contributed by atoms with Gasteiger partial charge in [0.05, 0.1) is 6.61 Å². The molecule has 0 aliphatic carbocycles. The fourth-order valence-corrected chi connectivity index (χ4v) is 3.28. The molecule has 0 bridgehead atoms. The number of nitrogens with zero attached hydrogens (tertiary/aromatic N) is 2. The summed E-state index contributed by atoms with van der Waals surface area (Å²) in [5, 5.41) is 10.1. The fourth-order valence-electron chi connectivity index (χ4n) is 3.28. The minimum Gasteiger partial charge on any atom is -0.421 e. The van der Waals surface area contributed by atoms with Crippen LogP contribution in [-0.2, 0) is 24.5 Å². The minimum atomic E-state index is -0.793. The third-order valence-electron chi connectivity index (χ3n) is 4.57. The summed E-state index contributed by atoms with van der Waals surface area (Å²) in [5.41, 5.74) is 1.40. The smallest absolute Gasteiger partial charge is 0.366 e. The van der Waals surface area contributed by atoms with Gasteiger partial charge in [0.25, 0.3) is 5.56 Å². The molecular weight excluding hydrogens is 356 g/mol. The van der Waals surface area contributed by atoms with Crippen LogP contribution in [0.3, 0.4) is 0 Å². The Hall–Kier alpha value is -3.12. The van der Waals surface area contributed by atoms with E-state index in [0.717, 1.165) is 11.1 Å². The molecule has 1 heterocycles. The molecule has 28 heavy (non-hydrogen) atoms. The van der Waals surface area contributed by atoms with Crippen molar-refractivity contribution in [2.24, 2.45) is 0 Å². The van der Waals surface area contributed by atoms with Crippen LogP contribution in [0, 0.1) is 0 Å². The molecule has 1 N–H and O–H groups in total. The Kier molecular flexibility index (Phi) is 6.11. The number of ether oxygens (including phenoxy) is 1. The van der Waals surface area contributed by atoms with Crippen molar-refractivity contribution < 1.29 is 9.94 Å². The van der Waals surface area contributed by atoms with Crippen LogP contribution in [0.5, 0.6) is 0 Å². The summed E-state index contributed by atoms with van der Waals surface area (Å²) in [6.07, 6.45) is 0.326. The number of aromatic nitrogens is 2. The second-order valence-corrected chi connectivity index (χ2v) is 6.97. The first-order valence-corrected chi connectivity index (χ1v) is 9.22. The van der Waals surface area contributed by atoms with Gasteiger partial charge in [-0.25, -0.2) is 4.79 Å². The van der Waals surface area contributed by atoms with Gasteiger partial charge >= 0.3 is 5.69 Å². The summed E-state index contributed by atoms with van der Waals surface area (Å²) in [6, 6.07) is 19.1. The molecule has 146 valence electrons. The van der Waals surface area contributed by atoms with Crippen molar-refractivity contribution in [3.63, 3.8) is 0 Å². The summed E-state index contributed by atoms with van der Waals surface area (Å²) < 4.78 is 7.23. The number of hydrogen-bond acceptors (Lipinski definition) is 4. The summed E-state index contributed by atoms with van der Waals surface area (Å²) in [4.78, 5) is 25.2. The van der Waals surface area contributed by atoms with Gasteiger partial charge in [-0.2, -0.15) is 0 Å². The van der Waals surface area contributed by atoms with E-state index in [1.54, 1.807) is 0 Å². The van der Waals surface area contributed by atoms with E-state index >= 15 is 0 Å². The molecule has 1 aromatic heterocycles. The van der Waals surface area contributed by atoms with E-state index in [4.69, 9.17) is 4.74 Å². The van der Waals surface area contributed by atoms with Crippen LogP contribution in [-0.4, -0.2) is 14.5 Å². The summed E-state index contributed by atoms with van der Waals surface area (Å²) in [7, 11) is 0. The average Bonchev–Trinajstić information content (AvgIpc) is 2.71. The van der Waals surface area contributed by atoms with E-state index in [9.17, 15) is 14.8 Å². The van der Waals surface area contributed by atoms with E-state index < -0.39 is 11.2 Å². The van der Waals surface area contributed by atoms with Crippen molar-refractivity contribution in [3.8, 4) is 0 Å². The maximum atomic E-state index is 12.6. The van der Waals surface area contributed by atoms with E-state index in [1.165, 1.54) is 4.57 Å². The fraction of sp³-hybridized carbons (Fsp3) is 0.273. The van der Waals surface area contributed by atoms with Crippen LogP contribution in [0.1, 0.15) is 42.1 Å². The molecule has 0 fully saturated rings. The lowest BCUT2D eigenvalue weighted by Crippen LogP contribution is -2.43. The molecule has 3 rings (SSSR count). The Morgan fingerprint density at radius 2 is 1.50 bits per heavy atom. The lowest BCUT2D eigenvalue weighted by molar-refractivity contribution is 0.0492. The highest BCUT2D eigenvalue weighted by Crippen LogP contribution is 2.19. The van der Waals surface area contributed by atoms with Crippen LogP contribution in [0.25, 0.3) is 0 Å². The molecule has 3 aromatic rings. The highest BCUT2D eigenvalue weighted by Gasteiger charge is 2.21. The van der Waals surface area contributed by atoms with Gasteiger partial charge in [-0.1, -0.05) is 79.2 Å². The molecular formula is C22H24N2O4. The first-order valence-electron chi connectivity index (χ1n) is 9.22. The SMILES string of the molecule is CC(C)c1c(Cc2ccccc2)c(=O)n(O)c(=O)n1COCc1ccccc1. The van der Waals surface area contributed by atoms with Gasteiger partial charge in [0, 0.05) is 17.7 Å². The van der Waals surface area contributed by atoms with E-state index in [2.05, 4.69) is 0 Å². The molecule has 0 aliphatic rings. The summed E-state index contributed by atoms with van der Waals surface area (Å²) >= 11 is 0. The highest BCUT2D eigenvalue weighted by atomic mass is 16.5. The zero-order valence-corrected chi connectivity index (χ0v) is 16.0. The van der Waals surface area contributed by atoms with Gasteiger partial charge in [0.2, 0.25) is 0 Å². The largest absolute Gasteiger partial charge is 0.421 e. The predicted molar refractivity (Wildman–Crippen MR) is 107 cm³/mol. The van der Waals surface area contributed by atoms with E-state index in [-0.39, 0.29) is 17.4 Å². The van der Waals surface area contributed by atoms with Gasteiger partial charge in [-0.05, 0) is 17.0 Å². The van der Waals surface area contributed by atoms with Crippen LogP contribution < -0.4 is 11.2 Å². The second kappa shape index (κ2) is 8.71. The third-order valence-corrected chi connectivity index (χ3v) is 4.57. The predicted octanol–water partition coefficient (Wildman–Crippen LogP) is 3.14. The van der Waals surface area contributed by atoms with Crippen LogP contribution in [0.15, 0.2) is 70.3 Å². The summed E-state index contributed by atoms with van der Waals surface area (Å²) in [5.74, 6) is -0.0966. The quantitative estimate of drug-likeness (QED) is 0.639. The lowest BCUT2D eigenvalue weighted by Gasteiger charge is -2.20. The first-order chi connectivity index (χ1) is 13.5. The first kappa shape index (κ1) is 19.6. The standard InChI is InChI=1S/C22H24N2O4/c1-16(2)20-19(13-17-9-5-3-6-10-17)21(25)24(27)22(26)23(20)15-28-14-18-11-7-4-8-12-18/h3-12,16,27H,13-15H2,1-2H3. The molecule has 0 radical (unpaired) electrons. The average molecular weight is 380 g/mol. The Bertz CT molecular complexity index is 1040.